The van der Waals surface area contributed by atoms with E-state index in [0.29, 0.717) is 0 Å². The van der Waals surface area contributed by atoms with Gasteiger partial charge in [-0.05, 0) is 24.6 Å². The van der Waals surface area contributed by atoms with E-state index in [2.05, 4.69) is 10.6 Å². The number of rotatable bonds is 8. The zero-order chi connectivity index (χ0) is 25.1. The second-order valence-electron chi connectivity index (χ2n) is 6.66. The number of hydrogen-bond donors (Lipinski definition) is 3. The number of sulfonamides is 1. The Kier molecular flexibility index (Phi) is 8.30. The zero-order valence-electron chi connectivity index (χ0n) is 17.4. The van der Waals surface area contributed by atoms with Crippen molar-refractivity contribution >= 4 is 39.3 Å². The van der Waals surface area contributed by atoms with Crippen LogP contribution in [0.3, 0.4) is 0 Å². The number of nitrogens with one attached hydrogen (secondary N) is 3. The summed E-state index contributed by atoms with van der Waals surface area (Å²) in [4.78, 5) is 19.8. The number of carbonyl (C=O) groups excluding carboxylic acids is 2. The summed E-state index contributed by atoms with van der Waals surface area (Å²) < 4.78 is 98.4. The number of anilines is 1. The van der Waals surface area contributed by atoms with Gasteiger partial charge in [-0.25, -0.2) is 30.4 Å². The van der Waals surface area contributed by atoms with Crippen molar-refractivity contribution in [3.63, 3.8) is 0 Å². The van der Waals surface area contributed by atoms with E-state index in [4.69, 9.17) is 0 Å². The summed E-state index contributed by atoms with van der Waals surface area (Å²) in [5, 5.41) is 4.40. The molecule has 0 aliphatic carbocycles. The van der Waals surface area contributed by atoms with Gasteiger partial charge in [-0.2, -0.15) is 0 Å². The summed E-state index contributed by atoms with van der Waals surface area (Å²) in [5.41, 5.74) is -0.275. The lowest BCUT2D eigenvalue weighted by Crippen LogP contribution is -2.46. The standard InChI is InChI=1S/C19H18F5N3O4S2/c1-8-4-5-10(6-11(8)20)27-33(30,31)18-15(23)13(21)17(14(22)16(18)24)32-7-12(19(29)25-3)26-9(2)28/h4-6,12,27H,7H2,1-3H3,(H,25,29)(H,26,28). The molecule has 1 atom stereocenters. The number of aryl methyl sites for hydroxylation is 1. The molecule has 0 bridgehead atoms. The van der Waals surface area contributed by atoms with Crippen LogP contribution < -0.4 is 15.4 Å². The number of benzene rings is 2. The van der Waals surface area contributed by atoms with Crippen LogP contribution >= 0.6 is 11.8 Å². The molecule has 2 aromatic rings. The van der Waals surface area contributed by atoms with Crippen LogP contribution in [0, 0.1) is 36.0 Å². The fraction of sp³-hybridized carbons (Fsp3) is 0.263. The van der Waals surface area contributed by atoms with E-state index in [9.17, 15) is 40.0 Å². The normalized spacial score (nSPS) is 12.2. The van der Waals surface area contributed by atoms with Crippen LogP contribution in [0.1, 0.15) is 12.5 Å². The Morgan fingerprint density at radius 3 is 2.09 bits per heavy atom. The van der Waals surface area contributed by atoms with E-state index in [1.807, 2.05) is 0 Å². The summed E-state index contributed by atoms with van der Waals surface area (Å²) in [6, 6.07) is 1.69. The molecule has 0 spiro atoms. The van der Waals surface area contributed by atoms with E-state index in [-0.39, 0.29) is 17.3 Å². The van der Waals surface area contributed by atoms with Crippen molar-refractivity contribution in [3.8, 4) is 0 Å². The third kappa shape index (κ3) is 5.93. The largest absolute Gasteiger partial charge is 0.357 e. The fourth-order valence-corrected chi connectivity index (χ4v) is 4.78. The van der Waals surface area contributed by atoms with Crippen molar-refractivity contribution < 1.29 is 40.0 Å². The highest BCUT2D eigenvalue weighted by Gasteiger charge is 2.34. The summed E-state index contributed by atoms with van der Waals surface area (Å²) in [6.07, 6.45) is 0. The van der Waals surface area contributed by atoms with Gasteiger partial charge in [-0.15, -0.1) is 11.8 Å². The highest BCUT2D eigenvalue weighted by Crippen LogP contribution is 2.34. The van der Waals surface area contributed by atoms with Crippen LogP contribution in [0.15, 0.2) is 28.0 Å². The molecule has 0 saturated heterocycles. The molecule has 0 saturated carbocycles. The predicted octanol–water partition coefficient (Wildman–Crippen LogP) is 2.83. The summed E-state index contributed by atoms with van der Waals surface area (Å²) in [7, 11) is -3.98. The average molecular weight is 511 g/mol. The minimum absolute atomic E-state index is 0.152. The molecule has 33 heavy (non-hydrogen) atoms. The number of likely N-dealkylation sites (N-methyl/N-ethyl adjacent to an activating group) is 1. The van der Waals surface area contributed by atoms with E-state index < -0.39 is 78.2 Å². The molecule has 0 heterocycles. The number of amides is 2. The number of hydrogen-bond acceptors (Lipinski definition) is 5. The topological polar surface area (TPSA) is 104 Å². The van der Waals surface area contributed by atoms with Crippen molar-refractivity contribution in [3.05, 3.63) is 52.8 Å². The maximum Gasteiger partial charge on any atom is 0.267 e. The molecule has 0 radical (unpaired) electrons. The number of thioether (sulfide) groups is 1. The van der Waals surface area contributed by atoms with Gasteiger partial charge >= 0.3 is 0 Å². The molecule has 2 rings (SSSR count). The molecule has 180 valence electrons. The second-order valence-corrected chi connectivity index (χ2v) is 9.31. The lowest BCUT2D eigenvalue weighted by Gasteiger charge is -2.17. The molecule has 0 aromatic heterocycles. The van der Waals surface area contributed by atoms with Crippen LogP contribution in [0.5, 0.6) is 0 Å². The monoisotopic (exact) mass is 511 g/mol. The predicted molar refractivity (Wildman–Crippen MR) is 111 cm³/mol. The molecule has 7 nitrogen and oxygen atoms in total. The minimum Gasteiger partial charge on any atom is -0.357 e. The van der Waals surface area contributed by atoms with E-state index >= 15 is 0 Å². The number of carbonyl (C=O) groups is 2. The maximum absolute atomic E-state index is 14.6. The highest BCUT2D eigenvalue weighted by molar-refractivity contribution is 7.99. The zero-order valence-corrected chi connectivity index (χ0v) is 19.0. The van der Waals surface area contributed by atoms with Gasteiger partial charge in [-0.1, -0.05) is 6.07 Å². The van der Waals surface area contributed by atoms with Crippen LogP contribution in [-0.4, -0.2) is 39.1 Å². The quantitative estimate of drug-likeness (QED) is 0.287. The van der Waals surface area contributed by atoms with Crippen molar-refractivity contribution in [2.45, 2.75) is 29.7 Å². The lowest BCUT2D eigenvalue weighted by molar-refractivity contribution is -0.127. The highest BCUT2D eigenvalue weighted by atomic mass is 32.2. The van der Waals surface area contributed by atoms with Gasteiger partial charge in [0.05, 0.1) is 10.6 Å². The number of halogens is 5. The van der Waals surface area contributed by atoms with Crippen molar-refractivity contribution in [2.75, 3.05) is 17.5 Å². The summed E-state index contributed by atoms with van der Waals surface area (Å²) >= 11 is 0.152. The van der Waals surface area contributed by atoms with Gasteiger partial charge in [-0.3, -0.25) is 14.3 Å². The Labute approximate surface area is 190 Å². The van der Waals surface area contributed by atoms with Crippen LogP contribution in [0.2, 0.25) is 0 Å². The third-order valence-corrected chi connectivity index (χ3v) is 6.76. The Morgan fingerprint density at radius 1 is 1.03 bits per heavy atom. The third-order valence-electron chi connectivity index (χ3n) is 4.21. The summed E-state index contributed by atoms with van der Waals surface area (Å²) in [6.45, 7) is 2.46. The van der Waals surface area contributed by atoms with Gasteiger partial charge in [0, 0.05) is 19.7 Å². The van der Waals surface area contributed by atoms with Crippen molar-refractivity contribution in [2.24, 2.45) is 0 Å². The van der Waals surface area contributed by atoms with Gasteiger partial charge in [0.2, 0.25) is 11.8 Å². The lowest BCUT2D eigenvalue weighted by atomic mass is 10.2. The molecule has 2 aromatic carbocycles. The summed E-state index contributed by atoms with van der Waals surface area (Å²) in [5.74, 6) is -11.2. The van der Waals surface area contributed by atoms with Gasteiger partial charge in [0.15, 0.2) is 28.2 Å². The molecule has 0 fully saturated rings. The molecule has 0 aliphatic heterocycles. The Hall–Kier alpha value is -2.87. The maximum atomic E-state index is 14.6. The Morgan fingerprint density at radius 2 is 1.61 bits per heavy atom. The minimum atomic E-state index is -5.21. The van der Waals surface area contributed by atoms with Crippen molar-refractivity contribution in [1.29, 1.82) is 0 Å². The van der Waals surface area contributed by atoms with Crippen LogP contribution in [0.25, 0.3) is 0 Å². The average Bonchev–Trinajstić information content (AvgIpc) is 2.72. The van der Waals surface area contributed by atoms with Gasteiger partial charge < -0.3 is 10.6 Å². The fourth-order valence-electron chi connectivity index (χ4n) is 2.59. The van der Waals surface area contributed by atoms with Crippen LogP contribution in [-0.2, 0) is 19.6 Å². The van der Waals surface area contributed by atoms with Crippen molar-refractivity contribution in [1.82, 2.24) is 10.6 Å². The molecular weight excluding hydrogens is 493 g/mol. The second kappa shape index (κ2) is 10.4. The van der Waals surface area contributed by atoms with Gasteiger partial charge in [0.1, 0.15) is 11.9 Å². The Balaban J connectivity index is 2.43. The SMILES string of the molecule is CNC(=O)C(CSc1c(F)c(F)c(S(=O)(=O)Nc2ccc(C)c(F)c2)c(F)c1F)NC(C)=O. The molecule has 1 unspecified atom stereocenters. The van der Waals surface area contributed by atoms with E-state index in [1.165, 1.54) is 20.0 Å². The molecular formula is C19H18F5N3O4S2. The smallest absolute Gasteiger partial charge is 0.267 e. The Bertz CT molecular complexity index is 1180. The molecule has 2 amide bonds. The first-order valence-corrected chi connectivity index (χ1v) is 11.5. The molecule has 0 aliphatic rings. The first-order valence-electron chi connectivity index (χ1n) is 9.06. The first kappa shape index (κ1) is 26.4. The molecule has 3 N–H and O–H groups in total. The van der Waals surface area contributed by atoms with Gasteiger partial charge in [0.25, 0.3) is 10.0 Å². The molecule has 14 heteroatoms. The van der Waals surface area contributed by atoms with E-state index in [1.54, 1.807) is 4.72 Å². The van der Waals surface area contributed by atoms with Crippen LogP contribution in [0.4, 0.5) is 27.6 Å². The first-order chi connectivity index (χ1) is 15.3. The van der Waals surface area contributed by atoms with E-state index in [0.717, 1.165) is 19.1 Å².